The molecule has 1 aliphatic rings. The first-order valence-electron chi connectivity index (χ1n) is 10.9. The number of aromatic amines is 1. The van der Waals surface area contributed by atoms with Crippen LogP contribution >= 0.6 is 0 Å². The number of aliphatic hydroxyl groups is 1. The summed E-state index contributed by atoms with van der Waals surface area (Å²) in [5.74, 6) is 0.229. The number of aryl methyl sites for hydroxylation is 1. The van der Waals surface area contributed by atoms with E-state index in [0.717, 1.165) is 55.7 Å². The van der Waals surface area contributed by atoms with Crippen molar-refractivity contribution in [2.45, 2.75) is 51.6 Å². The van der Waals surface area contributed by atoms with Gasteiger partial charge < -0.3 is 19.6 Å². The number of ether oxygens (including phenoxy) is 2. The van der Waals surface area contributed by atoms with Crippen LogP contribution in [0.4, 0.5) is 0 Å². The minimum Gasteiger partial charge on any atom is -0.489 e. The molecule has 6 nitrogen and oxygen atoms in total. The normalized spacial score (nSPS) is 16.4. The molecule has 0 saturated carbocycles. The van der Waals surface area contributed by atoms with Crippen molar-refractivity contribution in [1.29, 1.82) is 0 Å². The number of hydrogen-bond donors (Lipinski definition) is 2. The van der Waals surface area contributed by atoms with Gasteiger partial charge in [0.25, 0.3) is 0 Å². The zero-order chi connectivity index (χ0) is 21.6. The lowest BCUT2D eigenvalue weighted by Gasteiger charge is -2.38. The Hall–Kier alpha value is -2.31. The van der Waals surface area contributed by atoms with Gasteiger partial charge in [0.2, 0.25) is 0 Å². The van der Waals surface area contributed by atoms with Gasteiger partial charge in [-0.1, -0.05) is 43.7 Å². The van der Waals surface area contributed by atoms with E-state index in [9.17, 15) is 9.90 Å². The van der Waals surface area contributed by atoms with Crippen LogP contribution in [0.5, 0.6) is 5.75 Å². The van der Waals surface area contributed by atoms with E-state index in [-0.39, 0.29) is 0 Å². The molecule has 0 unspecified atom stereocenters. The van der Waals surface area contributed by atoms with Crippen molar-refractivity contribution in [2.24, 2.45) is 0 Å². The molecule has 1 aromatic heterocycles. The number of hydrogen-bond acceptors (Lipinski definition) is 5. The number of rotatable bonds is 9. The van der Waals surface area contributed by atoms with Gasteiger partial charge in [-0.2, -0.15) is 0 Å². The van der Waals surface area contributed by atoms with Crippen LogP contribution in [0.1, 0.15) is 59.9 Å². The lowest BCUT2D eigenvalue weighted by atomic mass is 9.84. The topological polar surface area (TPSA) is 74.8 Å². The molecule has 2 aromatic rings. The Balaban J connectivity index is 1.58. The van der Waals surface area contributed by atoms with Crippen molar-refractivity contribution in [1.82, 2.24) is 9.88 Å². The Kier molecular flexibility index (Phi) is 7.56. The minimum absolute atomic E-state index is 0.401. The highest BCUT2D eigenvalue weighted by atomic mass is 16.5. The van der Waals surface area contributed by atoms with Crippen LogP contribution in [0.2, 0.25) is 0 Å². The molecular formula is C24H34N2O4. The quantitative estimate of drug-likeness (QED) is 0.610. The molecule has 164 valence electrons. The van der Waals surface area contributed by atoms with Crippen LogP contribution in [0.3, 0.4) is 0 Å². The van der Waals surface area contributed by atoms with Crippen molar-refractivity contribution >= 4 is 5.97 Å². The van der Waals surface area contributed by atoms with Gasteiger partial charge in [0.05, 0.1) is 12.7 Å². The summed E-state index contributed by atoms with van der Waals surface area (Å²) in [5, 5.41) is 11.0. The van der Waals surface area contributed by atoms with Crippen LogP contribution < -0.4 is 4.74 Å². The Morgan fingerprint density at radius 1 is 1.23 bits per heavy atom. The summed E-state index contributed by atoms with van der Waals surface area (Å²) in [6.07, 6.45) is 4.40. The molecule has 1 aliphatic heterocycles. The molecule has 30 heavy (non-hydrogen) atoms. The summed E-state index contributed by atoms with van der Waals surface area (Å²) in [6.45, 7) is 6.99. The number of nitrogens with zero attached hydrogens (tertiary/aromatic N) is 1. The molecule has 1 aromatic carbocycles. The highest BCUT2D eigenvalue weighted by Crippen LogP contribution is 2.33. The van der Waals surface area contributed by atoms with Gasteiger partial charge in [-0.25, -0.2) is 4.79 Å². The van der Waals surface area contributed by atoms with Gasteiger partial charge in [0, 0.05) is 30.9 Å². The van der Waals surface area contributed by atoms with Gasteiger partial charge in [-0.15, -0.1) is 0 Å². The highest BCUT2D eigenvalue weighted by Gasteiger charge is 2.33. The van der Waals surface area contributed by atoms with Crippen molar-refractivity contribution in [3.8, 4) is 5.75 Å². The van der Waals surface area contributed by atoms with Crippen LogP contribution in [-0.4, -0.2) is 54.3 Å². The van der Waals surface area contributed by atoms with E-state index in [4.69, 9.17) is 9.47 Å². The van der Waals surface area contributed by atoms with Crippen molar-refractivity contribution in [2.75, 3.05) is 33.4 Å². The van der Waals surface area contributed by atoms with E-state index in [1.807, 2.05) is 37.3 Å². The van der Waals surface area contributed by atoms with E-state index in [0.29, 0.717) is 30.9 Å². The zero-order valence-electron chi connectivity index (χ0n) is 18.4. The second-order valence-electron chi connectivity index (χ2n) is 8.12. The largest absolute Gasteiger partial charge is 0.489 e. The Labute approximate surface area is 179 Å². The third kappa shape index (κ3) is 5.05. The fraction of sp³-hybridized carbons (Fsp3) is 0.542. The molecule has 0 aliphatic carbocycles. The molecule has 0 spiro atoms. The number of piperidine rings is 1. The average molecular weight is 415 g/mol. The first-order chi connectivity index (χ1) is 14.5. The molecule has 2 N–H and O–H groups in total. The summed E-state index contributed by atoms with van der Waals surface area (Å²) >= 11 is 0. The second-order valence-corrected chi connectivity index (χ2v) is 8.12. The van der Waals surface area contributed by atoms with Gasteiger partial charge >= 0.3 is 5.97 Å². The Morgan fingerprint density at radius 2 is 1.93 bits per heavy atom. The number of esters is 1. The zero-order valence-corrected chi connectivity index (χ0v) is 18.4. The summed E-state index contributed by atoms with van der Waals surface area (Å²) in [5.41, 5.74) is 2.67. The number of carbonyl (C=O) groups excluding carboxylic acids is 1. The van der Waals surface area contributed by atoms with Crippen molar-refractivity contribution in [3.63, 3.8) is 0 Å². The van der Waals surface area contributed by atoms with Crippen LogP contribution in [0.25, 0.3) is 0 Å². The first kappa shape index (κ1) is 22.4. The predicted octanol–water partition coefficient (Wildman–Crippen LogP) is 3.81. The third-order valence-corrected chi connectivity index (χ3v) is 6.08. The van der Waals surface area contributed by atoms with Gasteiger partial charge in [0.15, 0.2) is 11.4 Å². The maximum atomic E-state index is 12.2. The van der Waals surface area contributed by atoms with E-state index < -0.39 is 11.6 Å². The predicted molar refractivity (Wildman–Crippen MR) is 117 cm³/mol. The van der Waals surface area contributed by atoms with E-state index >= 15 is 0 Å². The standard InChI is InChI=1S/C24H34N2O4/c1-4-5-11-20-18(2)25-21(23(27)29-3)22(20)30-17-16-26-14-12-24(28,13-15-26)19-9-7-6-8-10-19/h6-10,25,28H,4-5,11-17H2,1-3H3. The maximum Gasteiger partial charge on any atom is 0.358 e. The fourth-order valence-corrected chi connectivity index (χ4v) is 4.16. The van der Waals surface area contributed by atoms with Crippen molar-refractivity contribution in [3.05, 3.63) is 52.8 Å². The molecule has 0 bridgehead atoms. The van der Waals surface area contributed by atoms with Gasteiger partial charge in [-0.05, 0) is 38.2 Å². The number of unbranched alkanes of at least 4 members (excludes halogenated alkanes) is 1. The van der Waals surface area contributed by atoms with Crippen molar-refractivity contribution < 1.29 is 19.4 Å². The minimum atomic E-state index is -0.748. The number of H-pyrrole nitrogens is 1. The second kappa shape index (κ2) is 10.1. The molecule has 2 heterocycles. The number of nitrogens with one attached hydrogen (secondary N) is 1. The monoisotopic (exact) mass is 414 g/mol. The molecule has 6 heteroatoms. The summed E-state index contributed by atoms with van der Waals surface area (Å²) in [7, 11) is 1.38. The first-order valence-corrected chi connectivity index (χ1v) is 10.9. The summed E-state index contributed by atoms with van der Waals surface area (Å²) in [6, 6.07) is 9.92. The van der Waals surface area contributed by atoms with E-state index in [2.05, 4.69) is 16.8 Å². The Morgan fingerprint density at radius 3 is 2.57 bits per heavy atom. The number of methoxy groups -OCH3 is 1. The fourth-order valence-electron chi connectivity index (χ4n) is 4.16. The number of carbonyl (C=O) groups is 1. The van der Waals surface area contributed by atoms with E-state index in [1.165, 1.54) is 7.11 Å². The van der Waals surface area contributed by atoms with E-state index in [1.54, 1.807) is 0 Å². The smallest absolute Gasteiger partial charge is 0.358 e. The number of benzene rings is 1. The number of aromatic nitrogens is 1. The van der Waals surface area contributed by atoms with Crippen LogP contribution in [0.15, 0.2) is 30.3 Å². The lowest BCUT2D eigenvalue weighted by Crippen LogP contribution is -2.43. The van der Waals surface area contributed by atoms with Gasteiger partial charge in [-0.3, -0.25) is 4.90 Å². The lowest BCUT2D eigenvalue weighted by molar-refractivity contribution is -0.0278. The molecule has 1 fully saturated rings. The molecule has 0 radical (unpaired) electrons. The average Bonchev–Trinajstić information content (AvgIpc) is 3.09. The molecule has 3 rings (SSSR count). The molecule has 0 amide bonds. The number of likely N-dealkylation sites (tertiary alicyclic amines) is 1. The van der Waals surface area contributed by atoms with Gasteiger partial charge in [0.1, 0.15) is 6.61 Å². The molecule has 1 saturated heterocycles. The maximum absolute atomic E-state index is 12.2. The summed E-state index contributed by atoms with van der Waals surface area (Å²) in [4.78, 5) is 17.6. The molecular weight excluding hydrogens is 380 g/mol. The SMILES string of the molecule is CCCCc1c(C)[nH]c(C(=O)OC)c1OCCN1CCC(O)(c2ccccc2)CC1. The van der Waals surface area contributed by atoms with Crippen LogP contribution in [-0.2, 0) is 16.8 Å². The molecule has 0 atom stereocenters. The Bertz CT molecular complexity index is 823. The third-order valence-electron chi connectivity index (χ3n) is 6.08. The highest BCUT2D eigenvalue weighted by molar-refractivity contribution is 5.91. The van der Waals surface area contributed by atoms with Crippen LogP contribution in [0, 0.1) is 6.92 Å². The summed E-state index contributed by atoms with van der Waals surface area (Å²) < 4.78 is 11.0.